The van der Waals surface area contributed by atoms with E-state index in [1.807, 2.05) is 24.3 Å². The quantitative estimate of drug-likeness (QED) is 0.522. The van der Waals surface area contributed by atoms with Gasteiger partial charge in [0.25, 0.3) is 0 Å². The molecule has 6 heteroatoms. The van der Waals surface area contributed by atoms with E-state index in [9.17, 15) is 10.2 Å². The molecule has 98 valence electrons. The molecule has 0 radical (unpaired) electrons. The molecule has 0 aliphatic rings. The number of hydrogen-bond donors (Lipinski definition) is 2. The molecule has 0 unspecified atom stereocenters. The highest BCUT2D eigenvalue weighted by Gasteiger charge is 2.15. The maximum absolute atomic E-state index is 9.84. The zero-order valence-electron chi connectivity index (χ0n) is 10.1. The van der Waals surface area contributed by atoms with Gasteiger partial charge in [-0.2, -0.15) is 0 Å². The summed E-state index contributed by atoms with van der Waals surface area (Å²) >= 11 is 2.88. The second-order valence-corrected chi connectivity index (χ2v) is 6.32. The Labute approximate surface area is 121 Å². The van der Waals surface area contributed by atoms with Gasteiger partial charge in [0.2, 0.25) is 0 Å². The Bertz CT molecular complexity index is 871. The summed E-state index contributed by atoms with van der Waals surface area (Å²) in [5.74, 6) is 0.198. The molecule has 0 amide bonds. The molecule has 2 heterocycles. The average Bonchev–Trinajstić information content (AvgIpc) is 3.06. The molecule has 20 heavy (non-hydrogen) atoms. The summed E-state index contributed by atoms with van der Waals surface area (Å²) in [4.78, 5) is 8.94. The highest BCUT2D eigenvalue weighted by molar-refractivity contribution is 7.27. The van der Waals surface area contributed by atoms with Crippen molar-refractivity contribution in [1.29, 1.82) is 0 Å². The third-order valence-corrected chi connectivity index (χ3v) is 5.24. The van der Waals surface area contributed by atoms with E-state index in [4.69, 9.17) is 0 Å². The lowest BCUT2D eigenvalue weighted by molar-refractivity contribution is 0.469. The van der Waals surface area contributed by atoms with Gasteiger partial charge in [-0.25, -0.2) is 9.97 Å². The largest absolute Gasteiger partial charge is 0.506 e. The van der Waals surface area contributed by atoms with E-state index in [-0.39, 0.29) is 11.5 Å². The van der Waals surface area contributed by atoms with Gasteiger partial charge in [0.15, 0.2) is 10.0 Å². The predicted molar refractivity (Wildman–Crippen MR) is 81.6 cm³/mol. The molecule has 0 aliphatic carbocycles. The van der Waals surface area contributed by atoms with E-state index in [0.717, 1.165) is 15.2 Å². The van der Waals surface area contributed by atoms with E-state index in [0.29, 0.717) is 15.2 Å². The standard InChI is InChI=1S/C14H8N2O2S2/c17-8-5-6-9(18)12-11(8)16-14(20-12)13-15-7-3-1-2-4-10(7)19-13/h1-6,17-18H. The summed E-state index contributed by atoms with van der Waals surface area (Å²) in [6.07, 6.45) is 0. The normalized spacial score (nSPS) is 11.4. The van der Waals surface area contributed by atoms with Crippen molar-refractivity contribution >= 4 is 43.1 Å². The van der Waals surface area contributed by atoms with Crippen LogP contribution in [0.4, 0.5) is 0 Å². The number of benzene rings is 2. The minimum atomic E-state index is 0.0708. The van der Waals surface area contributed by atoms with Crippen LogP contribution in [0, 0.1) is 0 Å². The molecule has 2 aromatic heterocycles. The Morgan fingerprint density at radius 1 is 0.800 bits per heavy atom. The first kappa shape index (κ1) is 11.6. The Hall–Kier alpha value is -2.18. The molecule has 2 aromatic carbocycles. The molecule has 0 aliphatic heterocycles. The van der Waals surface area contributed by atoms with Crippen molar-refractivity contribution in [1.82, 2.24) is 9.97 Å². The summed E-state index contributed by atoms with van der Waals surface area (Å²) in [5.41, 5.74) is 1.35. The van der Waals surface area contributed by atoms with Crippen LogP contribution in [0.15, 0.2) is 36.4 Å². The van der Waals surface area contributed by atoms with Gasteiger partial charge >= 0.3 is 0 Å². The fourth-order valence-electron chi connectivity index (χ4n) is 2.03. The van der Waals surface area contributed by atoms with Crippen molar-refractivity contribution in [3.05, 3.63) is 36.4 Å². The van der Waals surface area contributed by atoms with E-state index >= 15 is 0 Å². The van der Waals surface area contributed by atoms with Gasteiger partial charge in [-0.3, -0.25) is 0 Å². The average molecular weight is 300 g/mol. The van der Waals surface area contributed by atoms with Gasteiger partial charge in [-0.1, -0.05) is 12.1 Å². The van der Waals surface area contributed by atoms with E-state index < -0.39 is 0 Å². The topological polar surface area (TPSA) is 66.2 Å². The van der Waals surface area contributed by atoms with Crippen LogP contribution in [0.3, 0.4) is 0 Å². The Morgan fingerprint density at radius 3 is 2.35 bits per heavy atom. The van der Waals surface area contributed by atoms with E-state index in [1.165, 1.54) is 23.5 Å². The van der Waals surface area contributed by atoms with Gasteiger partial charge in [-0.05, 0) is 24.3 Å². The minimum absolute atomic E-state index is 0.0708. The Kier molecular flexibility index (Phi) is 2.42. The first-order chi connectivity index (χ1) is 9.72. The first-order valence-corrected chi connectivity index (χ1v) is 7.53. The van der Waals surface area contributed by atoms with Gasteiger partial charge < -0.3 is 10.2 Å². The number of hydrogen-bond acceptors (Lipinski definition) is 6. The van der Waals surface area contributed by atoms with Crippen LogP contribution in [-0.4, -0.2) is 20.2 Å². The molecule has 4 rings (SSSR count). The number of phenols is 2. The molecular formula is C14H8N2O2S2. The summed E-state index contributed by atoms with van der Waals surface area (Å²) in [6.45, 7) is 0. The number of fused-ring (bicyclic) bond motifs is 2. The van der Waals surface area contributed by atoms with Crippen molar-refractivity contribution in [3.8, 4) is 21.5 Å². The second kappa shape index (κ2) is 4.16. The van der Waals surface area contributed by atoms with Gasteiger partial charge in [0.1, 0.15) is 21.7 Å². The van der Waals surface area contributed by atoms with Crippen LogP contribution in [0.5, 0.6) is 11.5 Å². The maximum Gasteiger partial charge on any atom is 0.153 e. The zero-order chi connectivity index (χ0) is 13.7. The van der Waals surface area contributed by atoms with Crippen LogP contribution < -0.4 is 0 Å². The van der Waals surface area contributed by atoms with Crippen LogP contribution >= 0.6 is 22.7 Å². The molecule has 0 fully saturated rings. The minimum Gasteiger partial charge on any atom is -0.506 e. The lowest BCUT2D eigenvalue weighted by Crippen LogP contribution is -1.74. The lowest BCUT2D eigenvalue weighted by atomic mass is 10.3. The molecule has 0 atom stereocenters. The van der Waals surface area contributed by atoms with Gasteiger partial charge in [0.05, 0.1) is 10.2 Å². The number of para-hydroxylation sites is 1. The maximum atomic E-state index is 9.84. The molecule has 0 spiro atoms. The molecule has 2 N–H and O–H groups in total. The van der Waals surface area contributed by atoms with Crippen molar-refractivity contribution in [2.24, 2.45) is 0 Å². The Balaban J connectivity index is 1.98. The fourth-order valence-corrected chi connectivity index (χ4v) is 4.02. The Morgan fingerprint density at radius 2 is 1.55 bits per heavy atom. The summed E-state index contributed by atoms with van der Waals surface area (Å²) in [7, 11) is 0. The second-order valence-electron chi connectivity index (χ2n) is 4.29. The van der Waals surface area contributed by atoms with Crippen LogP contribution in [0.1, 0.15) is 0 Å². The monoisotopic (exact) mass is 300 g/mol. The van der Waals surface area contributed by atoms with Crippen molar-refractivity contribution in [2.45, 2.75) is 0 Å². The predicted octanol–water partition coefficient (Wildman–Crippen LogP) is 3.98. The summed E-state index contributed by atoms with van der Waals surface area (Å²) in [5, 5.41) is 21.2. The molecule has 4 nitrogen and oxygen atoms in total. The molecule has 0 bridgehead atoms. The highest BCUT2D eigenvalue weighted by atomic mass is 32.1. The summed E-state index contributed by atoms with van der Waals surface area (Å²) < 4.78 is 1.68. The number of nitrogens with zero attached hydrogens (tertiary/aromatic N) is 2. The molecule has 0 saturated carbocycles. The number of aromatic hydroxyl groups is 2. The third-order valence-electron chi connectivity index (χ3n) is 2.98. The van der Waals surface area contributed by atoms with E-state index in [1.54, 1.807) is 11.3 Å². The number of rotatable bonds is 1. The lowest BCUT2D eigenvalue weighted by Gasteiger charge is -1.94. The van der Waals surface area contributed by atoms with Crippen LogP contribution in [0.2, 0.25) is 0 Å². The van der Waals surface area contributed by atoms with Crippen LogP contribution in [-0.2, 0) is 0 Å². The zero-order valence-corrected chi connectivity index (χ0v) is 11.7. The fraction of sp³-hybridized carbons (Fsp3) is 0. The van der Waals surface area contributed by atoms with Gasteiger partial charge in [0, 0.05) is 0 Å². The third kappa shape index (κ3) is 1.65. The van der Waals surface area contributed by atoms with E-state index in [2.05, 4.69) is 9.97 Å². The number of aromatic nitrogens is 2. The molecule has 0 saturated heterocycles. The molecule has 4 aromatic rings. The summed E-state index contributed by atoms with van der Waals surface area (Å²) in [6, 6.07) is 10.8. The SMILES string of the molecule is Oc1ccc(O)c2sc(-c3nc4ccccc4s3)nc12. The van der Waals surface area contributed by atoms with Crippen molar-refractivity contribution in [3.63, 3.8) is 0 Å². The van der Waals surface area contributed by atoms with Crippen molar-refractivity contribution in [2.75, 3.05) is 0 Å². The number of thiazole rings is 2. The van der Waals surface area contributed by atoms with Crippen molar-refractivity contribution < 1.29 is 10.2 Å². The molecular weight excluding hydrogens is 292 g/mol. The number of phenolic OH excluding ortho intramolecular Hbond substituents is 2. The smallest absolute Gasteiger partial charge is 0.153 e. The van der Waals surface area contributed by atoms with Crippen LogP contribution in [0.25, 0.3) is 30.4 Å². The highest BCUT2D eigenvalue weighted by Crippen LogP contribution is 2.41. The first-order valence-electron chi connectivity index (χ1n) is 5.90. The van der Waals surface area contributed by atoms with Gasteiger partial charge in [-0.15, -0.1) is 22.7 Å².